The molecule has 0 aromatic heterocycles. The highest BCUT2D eigenvalue weighted by Crippen LogP contribution is 2.35. The maximum atomic E-state index is 13.9. The van der Waals surface area contributed by atoms with Gasteiger partial charge in [-0.3, -0.25) is 4.99 Å². The van der Waals surface area contributed by atoms with E-state index in [1.165, 1.54) is 6.92 Å². The number of nitrogens with zero attached hydrogens (tertiary/aromatic N) is 1. The molecule has 0 spiro atoms. The molecule has 2 N–H and O–H groups in total. The molecule has 1 saturated carbocycles. The van der Waals surface area contributed by atoms with E-state index in [0.29, 0.717) is 12.8 Å². The maximum Gasteiger partial charge on any atom is 0.343 e. The van der Waals surface area contributed by atoms with Crippen molar-refractivity contribution >= 4 is 17.9 Å². The van der Waals surface area contributed by atoms with E-state index in [2.05, 4.69) is 4.99 Å². The maximum absolute atomic E-state index is 13.9. The number of rotatable bonds is 6. The number of aliphatic hydroxyl groups excluding tert-OH is 2. The second kappa shape index (κ2) is 7.86. The van der Waals surface area contributed by atoms with Crippen molar-refractivity contribution in [3.05, 3.63) is 40.5 Å². The van der Waals surface area contributed by atoms with Crippen LogP contribution in [0.25, 0.3) is 5.76 Å². The van der Waals surface area contributed by atoms with Crippen molar-refractivity contribution in [2.75, 3.05) is 13.2 Å². The number of aliphatic hydroxyl groups is 2. The van der Waals surface area contributed by atoms with Gasteiger partial charge in [-0.15, -0.1) is 0 Å². The van der Waals surface area contributed by atoms with E-state index in [-0.39, 0.29) is 19.3 Å². The average Bonchev–Trinajstić information content (AvgIpc) is 2.58. The van der Waals surface area contributed by atoms with Crippen LogP contribution in [0.2, 0.25) is 0 Å². The summed E-state index contributed by atoms with van der Waals surface area (Å²) in [6.45, 7) is 1.07. The van der Waals surface area contributed by atoms with Crippen molar-refractivity contribution in [2.45, 2.75) is 31.7 Å². The van der Waals surface area contributed by atoms with Crippen molar-refractivity contribution in [1.29, 1.82) is 0 Å². The van der Waals surface area contributed by atoms with Gasteiger partial charge < -0.3 is 14.9 Å². The second-order valence-electron chi connectivity index (χ2n) is 5.82. The number of hydrogen-bond acceptors (Lipinski definition) is 5. The number of halogens is 4. The first kappa shape index (κ1) is 19.9. The Morgan fingerprint density at radius 1 is 1.27 bits per heavy atom. The molecule has 0 atom stereocenters. The highest BCUT2D eigenvalue weighted by Gasteiger charge is 2.36. The molecule has 142 valence electrons. The molecule has 1 aromatic rings. The standard InChI is InChI=1S/C17H17F4NO4/c1-2-26-16(25)10(7-22-17(8-23)4-3-5-17)15(24)9-6-11(18)13(20)14(21)12(9)19/h6-7,23-24H,2-5,8H2,1H3. The van der Waals surface area contributed by atoms with Crippen LogP contribution >= 0.6 is 0 Å². The molecule has 0 aliphatic heterocycles. The molecular weight excluding hydrogens is 358 g/mol. The number of esters is 1. The van der Waals surface area contributed by atoms with E-state index < -0.39 is 51.7 Å². The van der Waals surface area contributed by atoms with Crippen molar-refractivity contribution in [1.82, 2.24) is 0 Å². The minimum Gasteiger partial charge on any atom is -0.506 e. The Bertz CT molecular complexity index is 767. The largest absolute Gasteiger partial charge is 0.506 e. The predicted molar refractivity (Wildman–Crippen MR) is 84.6 cm³/mol. The molecule has 0 saturated heterocycles. The first-order valence-electron chi connectivity index (χ1n) is 7.86. The lowest BCUT2D eigenvalue weighted by molar-refractivity contribution is -0.137. The van der Waals surface area contributed by atoms with Gasteiger partial charge in [0, 0.05) is 6.21 Å². The van der Waals surface area contributed by atoms with Crippen molar-refractivity contribution < 1.29 is 37.3 Å². The van der Waals surface area contributed by atoms with Crippen molar-refractivity contribution in [2.24, 2.45) is 4.99 Å². The molecule has 2 rings (SSSR count). The summed E-state index contributed by atoms with van der Waals surface area (Å²) >= 11 is 0. The van der Waals surface area contributed by atoms with Crippen LogP contribution in [-0.2, 0) is 9.53 Å². The molecule has 0 unspecified atom stereocenters. The van der Waals surface area contributed by atoms with E-state index in [1.54, 1.807) is 0 Å². The van der Waals surface area contributed by atoms with E-state index in [1.807, 2.05) is 0 Å². The number of hydrogen-bond donors (Lipinski definition) is 2. The fraction of sp³-hybridized carbons (Fsp3) is 0.412. The van der Waals surface area contributed by atoms with Gasteiger partial charge in [0.25, 0.3) is 0 Å². The zero-order valence-electron chi connectivity index (χ0n) is 13.9. The Morgan fingerprint density at radius 3 is 2.42 bits per heavy atom. The molecule has 5 nitrogen and oxygen atoms in total. The fourth-order valence-electron chi connectivity index (χ4n) is 2.42. The number of carbonyl (C=O) groups is 1. The molecule has 0 radical (unpaired) electrons. The molecule has 0 amide bonds. The topological polar surface area (TPSA) is 79.1 Å². The quantitative estimate of drug-likeness (QED) is 0.152. The van der Waals surface area contributed by atoms with E-state index in [4.69, 9.17) is 4.74 Å². The number of ether oxygens (including phenoxy) is 1. The molecular formula is C17H17F4NO4. The summed E-state index contributed by atoms with van der Waals surface area (Å²) in [4.78, 5) is 16.1. The van der Waals surface area contributed by atoms with Gasteiger partial charge in [-0.2, -0.15) is 0 Å². The van der Waals surface area contributed by atoms with E-state index in [9.17, 15) is 32.6 Å². The molecule has 0 bridgehead atoms. The van der Waals surface area contributed by atoms with Crippen LogP contribution in [0.4, 0.5) is 17.6 Å². The summed E-state index contributed by atoms with van der Waals surface area (Å²) in [5, 5.41) is 19.6. The summed E-state index contributed by atoms with van der Waals surface area (Å²) < 4.78 is 58.5. The number of carbonyl (C=O) groups excluding carboxylic acids is 1. The van der Waals surface area contributed by atoms with Gasteiger partial charge in [0.1, 0.15) is 11.3 Å². The van der Waals surface area contributed by atoms with Crippen LogP contribution in [0.5, 0.6) is 0 Å². The highest BCUT2D eigenvalue weighted by atomic mass is 19.2. The summed E-state index contributed by atoms with van der Waals surface area (Å²) in [5.41, 5.74) is -2.56. The molecule has 1 aliphatic carbocycles. The third-order valence-corrected chi connectivity index (χ3v) is 4.15. The van der Waals surface area contributed by atoms with Gasteiger partial charge in [-0.05, 0) is 32.3 Å². The monoisotopic (exact) mass is 375 g/mol. The Kier molecular flexibility index (Phi) is 6.01. The van der Waals surface area contributed by atoms with Gasteiger partial charge in [0.15, 0.2) is 23.3 Å². The van der Waals surface area contributed by atoms with Gasteiger partial charge >= 0.3 is 5.97 Å². The Labute approximate surface area is 146 Å². The van der Waals surface area contributed by atoms with Crippen molar-refractivity contribution in [3.63, 3.8) is 0 Å². The lowest BCUT2D eigenvalue weighted by atomic mass is 9.78. The molecule has 1 aliphatic rings. The summed E-state index contributed by atoms with van der Waals surface area (Å²) in [5.74, 6) is -10.1. The van der Waals surface area contributed by atoms with Gasteiger partial charge in [-0.25, -0.2) is 22.4 Å². The zero-order chi connectivity index (χ0) is 19.5. The SMILES string of the molecule is CCOC(=O)C(C=NC1(CO)CCC1)=C(O)c1cc(F)c(F)c(F)c1F. The first-order chi connectivity index (χ1) is 12.3. The minimum absolute atomic E-state index is 0.0940. The normalized spacial score (nSPS) is 17.0. The molecule has 26 heavy (non-hydrogen) atoms. The lowest BCUT2D eigenvalue weighted by Gasteiger charge is -2.36. The van der Waals surface area contributed by atoms with Gasteiger partial charge in [-0.1, -0.05) is 0 Å². The molecule has 1 aromatic carbocycles. The van der Waals surface area contributed by atoms with E-state index >= 15 is 0 Å². The summed E-state index contributed by atoms with van der Waals surface area (Å²) in [6, 6.07) is 0.224. The Balaban J connectivity index is 2.56. The Morgan fingerprint density at radius 2 is 1.92 bits per heavy atom. The first-order valence-corrected chi connectivity index (χ1v) is 7.86. The third kappa shape index (κ3) is 3.72. The van der Waals surface area contributed by atoms with Gasteiger partial charge in [0.2, 0.25) is 0 Å². The van der Waals surface area contributed by atoms with Crippen LogP contribution in [-0.4, -0.2) is 41.1 Å². The average molecular weight is 375 g/mol. The van der Waals surface area contributed by atoms with Crippen LogP contribution in [0.1, 0.15) is 31.7 Å². The van der Waals surface area contributed by atoms with E-state index in [0.717, 1.165) is 12.6 Å². The predicted octanol–water partition coefficient (Wildman–Crippen LogP) is 3.06. The van der Waals surface area contributed by atoms with Crippen LogP contribution < -0.4 is 0 Å². The third-order valence-electron chi connectivity index (χ3n) is 4.15. The van der Waals surface area contributed by atoms with Crippen molar-refractivity contribution in [3.8, 4) is 0 Å². The van der Waals surface area contributed by atoms with Gasteiger partial charge in [0.05, 0.1) is 24.3 Å². The molecule has 0 heterocycles. The number of benzene rings is 1. The lowest BCUT2D eigenvalue weighted by Crippen LogP contribution is -2.39. The molecule has 1 fully saturated rings. The zero-order valence-corrected chi connectivity index (χ0v) is 13.9. The number of aliphatic imine (C=N–C) groups is 1. The summed E-state index contributed by atoms with van der Waals surface area (Å²) in [7, 11) is 0. The molecule has 9 heteroatoms. The highest BCUT2D eigenvalue weighted by molar-refractivity contribution is 6.15. The van der Waals surface area contributed by atoms with Crippen LogP contribution in [0.3, 0.4) is 0 Å². The van der Waals surface area contributed by atoms with Crippen LogP contribution in [0, 0.1) is 23.3 Å². The smallest absolute Gasteiger partial charge is 0.343 e. The fourth-order valence-corrected chi connectivity index (χ4v) is 2.42. The summed E-state index contributed by atoms with van der Waals surface area (Å²) in [6.07, 6.45) is 2.72. The second-order valence-corrected chi connectivity index (χ2v) is 5.82. The Hall–Kier alpha value is -2.42. The van der Waals surface area contributed by atoms with Crippen LogP contribution in [0.15, 0.2) is 16.6 Å². The minimum atomic E-state index is -2.13.